The summed E-state index contributed by atoms with van der Waals surface area (Å²) in [6.07, 6.45) is -0.330. The van der Waals surface area contributed by atoms with Crippen molar-refractivity contribution in [2.75, 3.05) is 12.4 Å². The van der Waals surface area contributed by atoms with Crippen LogP contribution in [0.15, 0.2) is 42.5 Å². The molecule has 3 rings (SSSR count). The molecule has 0 fully saturated rings. The summed E-state index contributed by atoms with van der Waals surface area (Å²) in [6.45, 7) is -0.117. The summed E-state index contributed by atoms with van der Waals surface area (Å²) in [6, 6.07) is 12.8. The molecular formula is C16H16N2O3. The van der Waals surface area contributed by atoms with Gasteiger partial charge in [-0.3, -0.25) is 4.79 Å². The number of benzene rings is 2. The number of ether oxygens (including phenoxy) is 1. The Labute approximate surface area is 122 Å². The Morgan fingerprint density at radius 2 is 2.00 bits per heavy atom. The lowest BCUT2D eigenvalue weighted by Gasteiger charge is -2.28. The zero-order valence-electron chi connectivity index (χ0n) is 11.6. The average molecular weight is 284 g/mol. The molecule has 0 radical (unpaired) electrons. The van der Waals surface area contributed by atoms with Crippen molar-refractivity contribution in [3.8, 4) is 5.75 Å². The van der Waals surface area contributed by atoms with Gasteiger partial charge in [-0.05, 0) is 29.8 Å². The number of para-hydroxylation sites is 1. The van der Waals surface area contributed by atoms with Gasteiger partial charge in [-0.1, -0.05) is 18.2 Å². The first-order valence-corrected chi connectivity index (χ1v) is 6.67. The van der Waals surface area contributed by atoms with E-state index in [1.54, 1.807) is 19.2 Å². The van der Waals surface area contributed by atoms with Gasteiger partial charge >= 0.3 is 0 Å². The van der Waals surface area contributed by atoms with E-state index in [1.807, 2.05) is 30.3 Å². The minimum Gasteiger partial charge on any atom is -0.496 e. The number of rotatable bonds is 3. The maximum absolute atomic E-state index is 12.1. The van der Waals surface area contributed by atoms with Gasteiger partial charge in [0, 0.05) is 11.3 Å². The quantitative estimate of drug-likeness (QED) is 0.806. The zero-order chi connectivity index (χ0) is 14.8. The first kappa shape index (κ1) is 13.5. The van der Waals surface area contributed by atoms with Crippen LogP contribution < -0.4 is 15.4 Å². The second kappa shape index (κ2) is 5.46. The maximum Gasteiger partial charge on any atom is 0.255 e. The second-order valence-corrected chi connectivity index (χ2v) is 4.83. The number of hydrogen-bond donors (Lipinski definition) is 3. The van der Waals surface area contributed by atoms with Gasteiger partial charge in [0.15, 0.2) is 0 Å². The van der Waals surface area contributed by atoms with E-state index in [2.05, 4.69) is 10.6 Å². The molecule has 5 nitrogen and oxygen atoms in total. The van der Waals surface area contributed by atoms with E-state index in [-0.39, 0.29) is 18.7 Å². The van der Waals surface area contributed by atoms with E-state index in [4.69, 9.17) is 4.74 Å². The fourth-order valence-electron chi connectivity index (χ4n) is 2.48. The molecule has 1 atom stereocenters. The van der Waals surface area contributed by atoms with Crippen LogP contribution >= 0.6 is 0 Å². The van der Waals surface area contributed by atoms with Crippen LogP contribution in [-0.2, 0) is 6.61 Å². The van der Waals surface area contributed by atoms with Crippen molar-refractivity contribution in [2.24, 2.45) is 0 Å². The normalized spacial score (nSPS) is 16.7. The topological polar surface area (TPSA) is 70.6 Å². The molecule has 0 saturated heterocycles. The Hall–Kier alpha value is -2.53. The lowest BCUT2D eigenvalue weighted by Crippen LogP contribution is -2.38. The number of fused-ring (bicyclic) bond motifs is 1. The summed E-state index contributed by atoms with van der Waals surface area (Å²) in [5.74, 6) is 0.513. The molecule has 0 saturated carbocycles. The number of aliphatic hydroxyl groups is 1. The molecule has 3 N–H and O–H groups in total. The molecule has 2 aromatic rings. The summed E-state index contributed by atoms with van der Waals surface area (Å²) < 4.78 is 5.19. The Balaban J connectivity index is 1.94. The number of hydrogen-bond acceptors (Lipinski definition) is 4. The highest BCUT2D eigenvalue weighted by Crippen LogP contribution is 2.29. The molecule has 1 amide bonds. The Kier molecular flexibility index (Phi) is 3.50. The van der Waals surface area contributed by atoms with Crippen molar-refractivity contribution < 1.29 is 14.6 Å². The molecule has 0 aromatic heterocycles. The number of aliphatic hydroxyl groups excluding tert-OH is 1. The van der Waals surface area contributed by atoms with E-state index in [9.17, 15) is 9.90 Å². The highest BCUT2D eigenvalue weighted by atomic mass is 16.5. The fourth-order valence-corrected chi connectivity index (χ4v) is 2.48. The number of anilines is 1. The molecule has 2 aromatic carbocycles. The lowest BCUT2D eigenvalue weighted by atomic mass is 10.0. The van der Waals surface area contributed by atoms with Crippen LogP contribution in [0.5, 0.6) is 5.75 Å². The van der Waals surface area contributed by atoms with Crippen molar-refractivity contribution in [1.29, 1.82) is 0 Å². The second-order valence-electron chi connectivity index (χ2n) is 4.83. The van der Waals surface area contributed by atoms with Crippen LogP contribution in [0.2, 0.25) is 0 Å². The maximum atomic E-state index is 12.1. The molecular weight excluding hydrogens is 268 g/mol. The number of amides is 1. The zero-order valence-corrected chi connectivity index (χ0v) is 11.6. The van der Waals surface area contributed by atoms with Crippen LogP contribution in [-0.4, -0.2) is 18.1 Å². The van der Waals surface area contributed by atoms with Gasteiger partial charge in [0.2, 0.25) is 0 Å². The van der Waals surface area contributed by atoms with Crippen LogP contribution in [0.3, 0.4) is 0 Å². The smallest absolute Gasteiger partial charge is 0.255 e. The predicted octanol–water partition coefficient (Wildman–Crippen LogP) is 2.04. The molecule has 1 unspecified atom stereocenters. The summed E-state index contributed by atoms with van der Waals surface area (Å²) in [7, 11) is 1.56. The Bertz CT molecular complexity index is 685. The van der Waals surface area contributed by atoms with Crippen molar-refractivity contribution in [3.63, 3.8) is 0 Å². The summed E-state index contributed by atoms with van der Waals surface area (Å²) in [5.41, 5.74) is 2.98. The van der Waals surface area contributed by atoms with Crippen molar-refractivity contribution in [3.05, 3.63) is 59.2 Å². The van der Waals surface area contributed by atoms with E-state index >= 15 is 0 Å². The molecule has 1 aliphatic rings. The summed E-state index contributed by atoms with van der Waals surface area (Å²) >= 11 is 0. The molecule has 0 aliphatic carbocycles. The molecule has 21 heavy (non-hydrogen) atoms. The van der Waals surface area contributed by atoms with E-state index in [1.165, 1.54) is 0 Å². The van der Waals surface area contributed by atoms with Crippen molar-refractivity contribution >= 4 is 11.6 Å². The van der Waals surface area contributed by atoms with Crippen LogP contribution in [0.25, 0.3) is 0 Å². The van der Waals surface area contributed by atoms with E-state index < -0.39 is 0 Å². The van der Waals surface area contributed by atoms with E-state index in [0.29, 0.717) is 16.9 Å². The number of carbonyl (C=O) groups is 1. The van der Waals surface area contributed by atoms with Crippen molar-refractivity contribution in [1.82, 2.24) is 5.32 Å². The highest BCUT2D eigenvalue weighted by Gasteiger charge is 2.24. The van der Waals surface area contributed by atoms with Gasteiger partial charge in [0.05, 0.1) is 19.3 Å². The van der Waals surface area contributed by atoms with Gasteiger partial charge < -0.3 is 20.5 Å². The lowest BCUT2D eigenvalue weighted by molar-refractivity contribution is 0.0935. The number of carbonyl (C=O) groups excluding carboxylic acids is 1. The van der Waals surface area contributed by atoms with E-state index in [0.717, 1.165) is 11.3 Å². The predicted molar refractivity (Wildman–Crippen MR) is 79.2 cm³/mol. The third-order valence-corrected chi connectivity index (χ3v) is 3.56. The first-order chi connectivity index (χ1) is 10.2. The highest BCUT2D eigenvalue weighted by molar-refractivity contribution is 6.01. The molecule has 1 heterocycles. The average Bonchev–Trinajstić information content (AvgIpc) is 2.54. The molecule has 0 bridgehead atoms. The number of nitrogens with one attached hydrogen (secondary N) is 2. The molecule has 108 valence electrons. The van der Waals surface area contributed by atoms with Crippen LogP contribution in [0, 0.1) is 0 Å². The summed E-state index contributed by atoms with van der Waals surface area (Å²) in [4.78, 5) is 12.1. The first-order valence-electron chi connectivity index (χ1n) is 6.67. The Morgan fingerprint density at radius 1 is 1.19 bits per heavy atom. The van der Waals surface area contributed by atoms with Crippen LogP contribution in [0.1, 0.15) is 27.7 Å². The molecule has 5 heteroatoms. The van der Waals surface area contributed by atoms with Crippen LogP contribution in [0.4, 0.5) is 5.69 Å². The summed E-state index contributed by atoms with van der Waals surface area (Å²) in [5, 5.41) is 15.6. The SMILES string of the molecule is COc1ccc(C2NC(=O)c3ccccc3N2)cc1CO. The molecule has 1 aliphatic heterocycles. The Morgan fingerprint density at radius 3 is 2.76 bits per heavy atom. The minimum absolute atomic E-state index is 0.115. The number of methoxy groups -OCH3 is 1. The van der Waals surface area contributed by atoms with Gasteiger partial charge in [-0.15, -0.1) is 0 Å². The third kappa shape index (κ3) is 2.43. The fraction of sp³-hybridized carbons (Fsp3) is 0.188. The van der Waals surface area contributed by atoms with Gasteiger partial charge in [-0.2, -0.15) is 0 Å². The molecule has 0 spiro atoms. The van der Waals surface area contributed by atoms with Gasteiger partial charge in [0.25, 0.3) is 5.91 Å². The minimum atomic E-state index is -0.330. The van der Waals surface area contributed by atoms with Crippen molar-refractivity contribution in [2.45, 2.75) is 12.8 Å². The third-order valence-electron chi connectivity index (χ3n) is 3.56. The van der Waals surface area contributed by atoms with Gasteiger partial charge in [0.1, 0.15) is 11.9 Å². The van der Waals surface area contributed by atoms with Gasteiger partial charge in [-0.25, -0.2) is 0 Å². The standard InChI is InChI=1S/C16H16N2O3/c1-21-14-7-6-10(8-11(14)9-19)15-17-13-5-3-2-4-12(13)16(20)18-15/h2-8,15,17,19H,9H2,1H3,(H,18,20). The largest absolute Gasteiger partial charge is 0.496 e. The monoisotopic (exact) mass is 284 g/mol.